The lowest BCUT2D eigenvalue weighted by Gasteiger charge is -2.39. The second-order valence-electron chi connectivity index (χ2n) is 6.08. The maximum absolute atomic E-state index is 13.3. The molecule has 1 fully saturated rings. The average Bonchev–Trinajstić information content (AvgIpc) is 2.97. The van der Waals surface area contributed by atoms with E-state index in [1.54, 1.807) is 23.2 Å². The Morgan fingerprint density at radius 2 is 2.08 bits per heavy atom. The summed E-state index contributed by atoms with van der Waals surface area (Å²) in [6.45, 7) is 1.73. The Labute approximate surface area is 140 Å². The van der Waals surface area contributed by atoms with Crippen LogP contribution in [0.4, 0.5) is 19.0 Å². The molecule has 3 aromatic rings. The highest BCUT2D eigenvalue weighted by Gasteiger charge is 2.34. The molecule has 130 valence electrons. The fourth-order valence-electron chi connectivity index (χ4n) is 2.92. The van der Waals surface area contributed by atoms with Crippen LogP contribution in [0.2, 0.25) is 0 Å². The zero-order valence-electron chi connectivity index (χ0n) is 13.1. The van der Waals surface area contributed by atoms with Gasteiger partial charge in [-0.15, -0.1) is 0 Å². The monoisotopic (exact) mass is 348 g/mol. The summed E-state index contributed by atoms with van der Waals surface area (Å²) in [4.78, 5) is 10.3. The third kappa shape index (κ3) is 2.80. The summed E-state index contributed by atoms with van der Waals surface area (Å²) >= 11 is 0. The molecule has 0 atom stereocenters. The van der Waals surface area contributed by atoms with Gasteiger partial charge in [-0.2, -0.15) is 18.3 Å². The average molecular weight is 348 g/mol. The van der Waals surface area contributed by atoms with Crippen LogP contribution in [0.25, 0.3) is 22.4 Å². The van der Waals surface area contributed by atoms with Gasteiger partial charge in [-0.3, -0.25) is 5.10 Å². The predicted octanol–water partition coefficient (Wildman–Crippen LogP) is 2.43. The van der Waals surface area contributed by atoms with Crippen LogP contribution < -0.4 is 10.6 Å². The number of halogens is 3. The second kappa shape index (κ2) is 5.69. The molecule has 1 saturated heterocycles. The van der Waals surface area contributed by atoms with Gasteiger partial charge in [0.05, 0.1) is 17.0 Å². The van der Waals surface area contributed by atoms with Crippen molar-refractivity contribution in [1.29, 1.82) is 0 Å². The number of nitrogens with zero attached hydrogens (tertiary/aromatic N) is 4. The largest absolute Gasteiger partial charge is 0.416 e. The number of pyridine rings is 2. The van der Waals surface area contributed by atoms with Crippen molar-refractivity contribution in [2.45, 2.75) is 6.18 Å². The van der Waals surface area contributed by atoms with E-state index in [1.165, 1.54) is 0 Å². The molecular weight excluding hydrogens is 333 g/mol. The molecule has 0 bridgehead atoms. The summed E-state index contributed by atoms with van der Waals surface area (Å²) < 4.78 is 40.0. The van der Waals surface area contributed by atoms with E-state index in [0.717, 1.165) is 12.1 Å². The van der Waals surface area contributed by atoms with Crippen LogP contribution in [-0.4, -0.2) is 39.8 Å². The number of nitrogens with one attached hydrogen (secondary N) is 1. The van der Waals surface area contributed by atoms with E-state index < -0.39 is 11.7 Å². The van der Waals surface area contributed by atoms with Crippen LogP contribution in [0.1, 0.15) is 5.56 Å². The summed E-state index contributed by atoms with van der Waals surface area (Å²) in [6.07, 6.45) is -2.89. The first-order chi connectivity index (χ1) is 12.0. The lowest BCUT2D eigenvalue weighted by Crippen LogP contribution is -2.50. The van der Waals surface area contributed by atoms with Crippen LogP contribution in [0.3, 0.4) is 0 Å². The van der Waals surface area contributed by atoms with Crippen molar-refractivity contribution < 1.29 is 13.2 Å². The van der Waals surface area contributed by atoms with E-state index >= 15 is 0 Å². The summed E-state index contributed by atoms with van der Waals surface area (Å²) in [7, 11) is 0. The third-order valence-electron chi connectivity index (χ3n) is 4.34. The number of rotatable bonds is 3. The Bertz CT molecular complexity index is 914. The van der Waals surface area contributed by atoms with Crippen LogP contribution in [0.15, 0.2) is 30.5 Å². The Kier molecular flexibility index (Phi) is 3.60. The second-order valence-corrected chi connectivity index (χ2v) is 6.08. The Balaban J connectivity index is 1.81. The third-order valence-corrected chi connectivity index (χ3v) is 4.34. The van der Waals surface area contributed by atoms with E-state index in [0.29, 0.717) is 42.2 Å². The number of hydrogen-bond acceptors (Lipinski definition) is 5. The molecule has 6 nitrogen and oxygen atoms in total. The van der Waals surface area contributed by atoms with Gasteiger partial charge in [0.1, 0.15) is 5.82 Å². The fraction of sp³-hybridized carbons (Fsp3) is 0.312. The summed E-state index contributed by atoms with van der Waals surface area (Å²) in [5, 5.41) is 7.41. The number of alkyl halides is 3. The van der Waals surface area contributed by atoms with Gasteiger partial charge in [-0.1, -0.05) is 0 Å². The molecule has 4 heterocycles. The van der Waals surface area contributed by atoms with E-state index in [9.17, 15) is 13.2 Å². The Morgan fingerprint density at radius 3 is 2.80 bits per heavy atom. The topological polar surface area (TPSA) is 83.7 Å². The highest BCUT2D eigenvalue weighted by atomic mass is 19.4. The molecule has 3 N–H and O–H groups in total. The minimum atomic E-state index is -4.46. The Hall–Kier alpha value is -2.68. The van der Waals surface area contributed by atoms with Crippen molar-refractivity contribution in [2.24, 2.45) is 11.7 Å². The molecule has 0 aliphatic carbocycles. The molecule has 9 heteroatoms. The summed E-state index contributed by atoms with van der Waals surface area (Å²) in [5.41, 5.74) is 5.90. The van der Waals surface area contributed by atoms with E-state index in [4.69, 9.17) is 5.73 Å². The molecule has 0 amide bonds. The van der Waals surface area contributed by atoms with Gasteiger partial charge < -0.3 is 10.6 Å². The number of aromatic nitrogens is 4. The van der Waals surface area contributed by atoms with Gasteiger partial charge >= 0.3 is 6.18 Å². The van der Waals surface area contributed by atoms with Crippen molar-refractivity contribution in [3.05, 3.63) is 36.0 Å². The standard InChI is InChI=1S/C16H15F3N6/c17-16(18,19)10-4-12(14-11-2-1-3-21-15(11)24-23-14)22-13(5-10)25-7-9(6-20)8-25/h1-5,9H,6-8,20H2,(H,21,23,24). The molecular formula is C16H15F3N6. The summed E-state index contributed by atoms with van der Waals surface area (Å²) in [6, 6.07) is 5.56. The van der Waals surface area contributed by atoms with Crippen molar-refractivity contribution >= 4 is 16.9 Å². The van der Waals surface area contributed by atoms with Gasteiger partial charge in [0.2, 0.25) is 0 Å². The molecule has 0 saturated carbocycles. The lowest BCUT2D eigenvalue weighted by molar-refractivity contribution is -0.137. The van der Waals surface area contributed by atoms with E-state index in [-0.39, 0.29) is 11.6 Å². The first kappa shape index (κ1) is 15.8. The smallest absolute Gasteiger partial charge is 0.356 e. The number of aromatic amines is 1. The van der Waals surface area contributed by atoms with Crippen LogP contribution >= 0.6 is 0 Å². The number of fused-ring (bicyclic) bond motifs is 1. The zero-order chi connectivity index (χ0) is 17.6. The molecule has 1 aliphatic rings. The van der Waals surface area contributed by atoms with Gasteiger partial charge in [-0.05, 0) is 30.8 Å². The van der Waals surface area contributed by atoms with Gasteiger partial charge in [-0.25, -0.2) is 9.97 Å². The highest BCUT2D eigenvalue weighted by Crippen LogP contribution is 2.36. The van der Waals surface area contributed by atoms with Crippen LogP contribution in [0.5, 0.6) is 0 Å². The first-order valence-electron chi connectivity index (χ1n) is 7.79. The molecule has 0 unspecified atom stereocenters. The molecule has 1 aliphatic heterocycles. The molecule has 0 radical (unpaired) electrons. The van der Waals surface area contributed by atoms with Gasteiger partial charge in [0.25, 0.3) is 0 Å². The fourth-order valence-corrected chi connectivity index (χ4v) is 2.92. The maximum atomic E-state index is 13.3. The number of nitrogens with two attached hydrogens (primary N) is 1. The Morgan fingerprint density at radius 1 is 1.28 bits per heavy atom. The SMILES string of the molecule is NCC1CN(c2cc(C(F)(F)F)cc(-c3[nH]nc4ncccc34)n2)C1. The number of anilines is 1. The quantitative estimate of drug-likeness (QED) is 0.759. The van der Waals surface area contributed by atoms with Crippen molar-refractivity contribution in [2.75, 3.05) is 24.5 Å². The minimum Gasteiger partial charge on any atom is -0.356 e. The van der Waals surface area contributed by atoms with E-state index in [2.05, 4.69) is 20.2 Å². The molecule has 0 aromatic carbocycles. The number of hydrogen-bond donors (Lipinski definition) is 2. The summed E-state index contributed by atoms with van der Waals surface area (Å²) in [5.74, 6) is 0.582. The first-order valence-corrected chi connectivity index (χ1v) is 7.79. The van der Waals surface area contributed by atoms with Crippen LogP contribution in [0, 0.1) is 5.92 Å². The van der Waals surface area contributed by atoms with Crippen molar-refractivity contribution in [3.8, 4) is 11.4 Å². The molecule has 0 spiro atoms. The van der Waals surface area contributed by atoms with E-state index in [1.807, 2.05) is 0 Å². The normalized spacial score (nSPS) is 15.6. The number of H-pyrrole nitrogens is 1. The highest BCUT2D eigenvalue weighted by molar-refractivity contribution is 5.89. The maximum Gasteiger partial charge on any atom is 0.416 e. The van der Waals surface area contributed by atoms with Crippen molar-refractivity contribution in [3.63, 3.8) is 0 Å². The van der Waals surface area contributed by atoms with Gasteiger partial charge in [0, 0.05) is 30.6 Å². The molecule has 3 aromatic heterocycles. The zero-order valence-corrected chi connectivity index (χ0v) is 13.1. The predicted molar refractivity (Wildman–Crippen MR) is 86.9 cm³/mol. The van der Waals surface area contributed by atoms with Gasteiger partial charge in [0.15, 0.2) is 5.65 Å². The minimum absolute atomic E-state index is 0.191. The molecule has 4 rings (SSSR count). The molecule has 25 heavy (non-hydrogen) atoms. The van der Waals surface area contributed by atoms with Crippen molar-refractivity contribution in [1.82, 2.24) is 20.2 Å². The lowest BCUT2D eigenvalue weighted by atomic mass is 10.00. The van der Waals surface area contributed by atoms with Crippen LogP contribution in [-0.2, 0) is 6.18 Å².